The van der Waals surface area contributed by atoms with Gasteiger partial charge in [-0.1, -0.05) is 32.2 Å². The van der Waals surface area contributed by atoms with E-state index in [1.165, 1.54) is 12.5 Å². The van der Waals surface area contributed by atoms with Gasteiger partial charge in [0.05, 0.1) is 13.7 Å². The molecule has 4 rings (SSSR count). The van der Waals surface area contributed by atoms with Crippen LogP contribution >= 0.6 is 0 Å². The smallest absolute Gasteiger partial charge is 0.254 e. The van der Waals surface area contributed by atoms with Gasteiger partial charge >= 0.3 is 0 Å². The zero-order chi connectivity index (χ0) is 27.4. The third-order valence-electron chi connectivity index (χ3n) is 7.89. The number of piperazine rings is 1. The van der Waals surface area contributed by atoms with Crippen molar-refractivity contribution in [2.45, 2.75) is 59.7 Å². The largest absolute Gasteiger partial charge is 0.504 e. The highest BCUT2D eigenvalue weighted by molar-refractivity contribution is 5.96. The van der Waals surface area contributed by atoms with Gasteiger partial charge in [-0.15, -0.1) is 0 Å². The topological polar surface area (TPSA) is 85.4 Å². The molecule has 0 spiro atoms. The normalized spacial score (nSPS) is 15.4. The van der Waals surface area contributed by atoms with Crippen molar-refractivity contribution in [2.24, 2.45) is 0 Å². The van der Waals surface area contributed by atoms with E-state index in [4.69, 9.17) is 4.74 Å². The lowest BCUT2D eigenvalue weighted by Crippen LogP contribution is -2.49. The third kappa shape index (κ3) is 6.92. The van der Waals surface area contributed by atoms with Crippen LogP contribution in [-0.2, 0) is 24.3 Å². The average Bonchev–Trinajstić information content (AvgIpc) is 3.37. The second kappa shape index (κ2) is 12.6. The SMILES string of the molecule is C.C=C(CNC(C)=O)N1CCN(C(=O)c2cccc3c2CN(C(C)(C)CCc2ccc(O)c(OC)c2)C3)CC1. The molecule has 212 valence electrons. The highest BCUT2D eigenvalue weighted by Crippen LogP contribution is 2.35. The molecule has 1 saturated heterocycles. The molecule has 2 aliphatic heterocycles. The number of benzene rings is 2. The monoisotopic (exact) mass is 536 g/mol. The first-order valence-electron chi connectivity index (χ1n) is 13.3. The minimum Gasteiger partial charge on any atom is -0.504 e. The maximum Gasteiger partial charge on any atom is 0.254 e. The van der Waals surface area contributed by atoms with Crippen LogP contribution < -0.4 is 10.1 Å². The number of hydrogen-bond acceptors (Lipinski definition) is 6. The molecule has 39 heavy (non-hydrogen) atoms. The molecule has 1 fully saturated rings. The highest BCUT2D eigenvalue weighted by Gasteiger charge is 2.34. The first-order chi connectivity index (χ1) is 18.1. The Labute approximate surface area is 233 Å². The van der Waals surface area contributed by atoms with Gasteiger partial charge in [0, 0.05) is 63.0 Å². The third-order valence-corrected chi connectivity index (χ3v) is 7.89. The molecule has 8 heteroatoms. The maximum atomic E-state index is 13.6. The Balaban J connectivity index is 0.00000420. The molecule has 0 unspecified atom stereocenters. The van der Waals surface area contributed by atoms with Gasteiger partial charge in [-0.3, -0.25) is 14.5 Å². The van der Waals surface area contributed by atoms with Crippen LogP contribution in [0.15, 0.2) is 48.7 Å². The van der Waals surface area contributed by atoms with Crippen LogP contribution in [0.25, 0.3) is 0 Å². The van der Waals surface area contributed by atoms with E-state index in [1.54, 1.807) is 13.2 Å². The molecular formula is C31H44N4O4. The lowest BCUT2D eigenvalue weighted by molar-refractivity contribution is -0.118. The van der Waals surface area contributed by atoms with E-state index >= 15 is 0 Å². The molecule has 0 aliphatic carbocycles. The minimum absolute atomic E-state index is 0. The van der Waals surface area contributed by atoms with Crippen molar-refractivity contribution >= 4 is 11.8 Å². The predicted molar refractivity (Wildman–Crippen MR) is 155 cm³/mol. The molecule has 2 aromatic carbocycles. The van der Waals surface area contributed by atoms with Gasteiger partial charge in [-0.25, -0.2) is 0 Å². The molecule has 2 heterocycles. The standard InChI is InChI=1S/C30H40N4O4.CH4/c1-21(18-31-22(2)35)32-13-15-33(16-14-32)29(37)25-8-6-7-24-19-34(20-26(24)25)30(3,4)12-11-23-9-10-27(36)28(17-23)38-5;/h6-10,17,36H,1,11-16,18-20H2,2-5H3,(H,31,35);1H4. The molecule has 8 nitrogen and oxygen atoms in total. The molecule has 2 aromatic rings. The molecule has 0 aromatic heterocycles. The van der Waals surface area contributed by atoms with E-state index in [0.717, 1.165) is 48.3 Å². The average molecular weight is 537 g/mol. The number of methoxy groups -OCH3 is 1. The van der Waals surface area contributed by atoms with Crippen LogP contribution in [0, 0.1) is 0 Å². The molecule has 0 radical (unpaired) electrons. The van der Waals surface area contributed by atoms with E-state index in [0.29, 0.717) is 38.5 Å². The summed E-state index contributed by atoms with van der Waals surface area (Å²) in [6.07, 6.45) is 1.79. The summed E-state index contributed by atoms with van der Waals surface area (Å²) in [7, 11) is 1.56. The number of nitrogens with one attached hydrogen (secondary N) is 1. The van der Waals surface area contributed by atoms with E-state index in [2.05, 4.69) is 41.6 Å². The Hall–Kier alpha value is -3.52. The number of ether oxygens (including phenoxy) is 1. The number of aryl methyl sites for hydroxylation is 1. The van der Waals surface area contributed by atoms with Crippen LogP contribution in [0.2, 0.25) is 0 Å². The Morgan fingerprint density at radius 3 is 2.44 bits per heavy atom. The first-order valence-corrected chi connectivity index (χ1v) is 13.3. The molecule has 2 amide bonds. The van der Waals surface area contributed by atoms with Gasteiger partial charge in [0.25, 0.3) is 5.91 Å². The van der Waals surface area contributed by atoms with Gasteiger partial charge in [-0.2, -0.15) is 0 Å². The van der Waals surface area contributed by atoms with E-state index in [-0.39, 0.29) is 30.5 Å². The molecule has 2 aliphatic rings. The van der Waals surface area contributed by atoms with Crippen molar-refractivity contribution in [1.29, 1.82) is 0 Å². The number of amides is 2. The Morgan fingerprint density at radius 2 is 1.77 bits per heavy atom. The fourth-order valence-corrected chi connectivity index (χ4v) is 5.27. The number of carbonyl (C=O) groups is 2. The van der Waals surface area contributed by atoms with Crippen molar-refractivity contribution in [3.8, 4) is 11.5 Å². The summed E-state index contributed by atoms with van der Waals surface area (Å²) in [5, 5.41) is 12.7. The number of carbonyl (C=O) groups excluding carboxylic acids is 2. The summed E-state index contributed by atoms with van der Waals surface area (Å²) in [6, 6.07) is 11.6. The van der Waals surface area contributed by atoms with Crippen LogP contribution in [0.5, 0.6) is 11.5 Å². The van der Waals surface area contributed by atoms with E-state index < -0.39 is 0 Å². The maximum absolute atomic E-state index is 13.6. The summed E-state index contributed by atoms with van der Waals surface area (Å²) in [5.41, 5.74) is 5.07. The fourth-order valence-electron chi connectivity index (χ4n) is 5.27. The molecule has 0 bridgehead atoms. The van der Waals surface area contributed by atoms with Crippen molar-refractivity contribution in [3.63, 3.8) is 0 Å². The number of hydrogen-bond donors (Lipinski definition) is 2. The van der Waals surface area contributed by atoms with Crippen molar-refractivity contribution in [3.05, 3.63) is 70.9 Å². The molecule has 0 saturated carbocycles. The van der Waals surface area contributed by atoms with Gasteiger partial charge in [0.2, 0.25) is 5.91 Å². The van der Waals surface area contributed by atoms with Crippen molar-refractivity contribution < 1.29 is 19.4 Å². The zero-order valence-corrected chi connectivity index (χ0v) is 23.0. The zero-order valence-electron chi connectivity index (χ0n) is 23.0. The van der Waals surface area contributed by atoms with Crippen molar-refractivity contribution in [2.75, 3.05) is 39.8 Å². The summed E-state index contributed by atoms with van der Waals surface area (Å²) in [5.74, 6) is 0.662. The van der Waals surface area contributed by atoms with Crippen LogP contribution in [-0.4, -0.2) is 77.0 Å². The summed E-state index contributed by atoms with van der Waals surface area (Å²) >= 11 is 0. The summed E-state index contributed by atoms with van der Waals surface area (Å²) < 4.78 is 5.26. The van der Waals surface area contributed by atoms with Crippen LogP contribution in [0.1, 0.15) is 61.7 Å². The number of phenolic OH excluding ortho intramolecular Hbond substituents is 1. The Bertz CT molecular complexity index is 1200. The summed E-state index contributed by atoms with van der Waals surface area (Å²) in [4.78, 5) is 31.3. The Kier molecular flexibility index (Phi) is 9.67. The minimum atomic E-state index is -0.0790. The lowest BCUT2D eigenvalue weighted by Gasteiger charge is -2.37. The molecule has 2 N–H and O–H groups in total. The molecular weight excluding hydrogens is 492 g/mol. The van der Waals surface area contributed by atoms with E-state index in [1.807, 2.05) is 29.2 Å². The Morgan fingerprint density at radius 1 is 1.08 bits per heavy atom. The number of phenols is 1. The number of fused-ring (bicyclic) bond motifs is 1. The number of nitrogens with zero attached hydrogens (tertiary/aromatic N) is 3. The summed E-state index contributed by atoms with van der Waals surface area (Å²) in [6.45, 7) is 14.8. The predicted octanol–water partition coefficient (Wildman–Crippen LogP) is 4.17. The second-order valence-corrected chi connectivity index (χ2v) is 10.9. The van der Waals surface area contributed by atoms with Crippen molar-refractivity contribution in [1.82, 2.24) is 20.0 Å². The highest BCUT2D eigenvalue weighted by atomic mass is 16.5. The van der Waals surface area contributed by atoms with Gasteiger partial charge < -0.3 is 25.0 Å². The number of rotatable bonds is 9. The van der Waals surface area contributed by atoms with Gasteiger partial charge in [0.15, 0.2) is 11.5 Å². The van der Waals surface area contributed by atoms with Gasteiger partial charge in [0.1, 0.15) is 0 Å². The quantitative estimate of drug-likeness (QED) is 0.500. The van der Waals surface area contributed by atoms with Crippen LogP contribution in [0.3, 0.4) is 0 Å². The van der Waals surface area contributed by atoms with E-state index in [9.17, 15) is 14.7 Å². The van der Waals surface area contributed by atoms with Gasteiger partial charge in [-0.05, 0) is 61.6 Å². The molecule has 0 atom stereocenters. The second-order valence-electron chi connectivity index (χ2n) is 10.9. The number of aromatic hydroxyl groups is 1. The fraction of sp³-hybridized carbons (Fsp3) is 0.484. The lowest BCUT2D eigenvalue weighted by atomic mass is 9.93. The van der Waals surface area contributed by atoms with Crippen LogP contribution in [0.4, 0.5) is 0 Å². The first kappa shape index (κ1) is 30.0.